The molecule has 1 aromatic carbocycles. The fourth-order valence-electron chi connectivity index (χ4n) is 2.65. The van der Waals surface area contributed by atoms with Crippen LogP contribution in [0.15, 0.2) is 41.6 Å². The van der Waals surface area contributed by atoms with E-state index >= 15 is 0 Å². The van der Waals surface area contributed by atoms with E-state index in [9.17, 15) is 9.18 Å². The van der Waals surface area contributed by atoms with E-state index in [0.29, 0.717) is 12.1 Å². The van der Waals surface area contributed by atoms with Crippen LogP contribution in [0, 0.1) is 18.2 Å². The van der Waals surface area contributed by atoms with Crippen LogP contribution in [-0.2, 0) is 6.42 Å². The van der Waals surface area contributed by atoms with Gasteiger partial charge in [0.2, 0.25) is 0 Å². The third kappa shape index (κ3) is 7.33. The van der Waals surface area contributed by atoms with Crippen LogP contribution >= 0.6 is 11.8 Å². The fourth-order valence-corrected chi connectivity index (χ4v) is 3.67. The molecule has 2 rings (SSSR count). The zero-order chi connectivity index (χ0) is 19.9. The van der Waals surface area contributed by atoms with Crippen molar-refractivity contribution < 1.29 is 9.18 Å². The molecule has 1 N–H and O–H groups in total. The van der Waals surface area contributed by atoms with Gasteiger partial charge in [-0.3, -0.25) is 4.79 Å². The number of rotatable bonds is 8. The highest BCUT2D eigenvalue weighted by Crippen LogP contribution is 2.24. The SMILES string of the molecule is Cc1ccnc(SCCCc2ccc(F)cc2)c1C(=O)NCCC(C)(C)C. The lowest BCUT2D eigenvalue weighted by atomic mass is 9.92. The van der Waals surface area contributed by atoms with E-state index in [2.05, 4.69) is 31.1 Å². The number of nitrogens with zero attached hydrogens (tertiary/aromatic N) is 1. The molecule has 0 saturated carbocycles. The summed E-state index contributed by atoms with van der Waals surface area (Å²) in [5.74, 6) is 0.598. The van der Waals surface area contributed by atoms with Crippen LogP contribution in [-0.4, -0.2) is 23.2 Å². The van der Waals surface area contributed by atoms with Gasteiger partial charge in [-0.25, -0.2) is 9.37 Å². The van der Waals surface area contributed by atoms with Crippen LogP contribution in [0.4, 0.5) is 4.39 Å². The molecule has 3 nitrogen and oxygen atoms in total. The van der Waals surface area contributed by atoms with Crippen molar-refractivity contribution in [3.8, 4) is 0 Å². The quantitative estimate of drug-likeness (QED) is 0.485. The molecule has 1 heterocycles. The van der Waals surface area contributed by atoms with E-state index < -0.39 is 0 Å². The van der Waals surface area contributed by atoms with Crippen molar-refractivity contribution in [1.29, 1.82) is 0 Å². The minimum Gasteiger partial charge on any atom is -0.352 e. The molecule has 146 valence electrons. The van der Waals surface area contributed by atoms with Gasteiger partial charge in [0, 0.05) is 12.7 Å². The Morgan fingerprint density at radius 3 is 2.56 bits per heavy atom. The number of carbonyl (C=O) groups excluding carboxylic acids is 1. The van der Waals surface area contributed by atoms with Gasteiger partial charge in [-0.1, -0.05) is 32.9 Å². The van der Waals surface area contributed by atoms with Crippen molar-refractivity contribution >= 4 is 17.7 Å². The second kappa shape index (κ2) is 9.88. The number of aryl methyl sites for hydroxylation is 2. The Morgan fingerprint density at radius 1 is 1.19 bits per heavy atom. The molecular formula is C22H29FN2OS. The smallest absolute Gasteiger partial charge is 0.254 e. The van der Waals surface area contributed by atoms with Crippen LogP contribution < -0.4 is 5.32 Å². The maximum absolute atomic E-state index is 13.0. The summed E-state index contributed by atoms with van der Waals surface area (Å²) < 4.78 is 13.0. The number of hydrogen-bond donors (Lipinski definition) is 1. The first-order chi connectivity index (χ1) is 12.8. The van der Waals surface area contributed by atoms with Crippen molar-refractivity contribution in [2.75, 3.05) is 12.3 Å². The monoisotopic (exact) mass is 388 g/mol. The van der Waals surface area contributed by atoms with Gasteiger partial charge in [-0.05, 0) is 66.7 Å². The highest BCUT2D eigenvalue weighted by molar-refractivity contribution is 7.99. The molecular weight excluding hydrogens is 359 g/mol. The van der Waals surface area contributed by atoms with Crippen LogP contribution in [0.5, 0.6) is 0 Å². The molecule has 0 spiro atoms. The van der Waals surface area contributed by atoms with Crippen molar-refractivity contribution in [3.63, 3.8) is 0 Å². The fraction of sp³-hybridized carbons (Fsp3) is 0.455. The molecule has 0 aliphatic carbocycles. The standard InChI is InChI=1S/C22H29FN2OS/c1-16-11-13-25-21(19(16)20(26)24-14-12-22(2,3)4)27-15-5-6-17-7-9-18(23)10-8-17/h7-11,13H,5-6,12,14-15H2,1-4H3,(H,24,26). The van der Waals surface area contributed by atoms with E-state index in [1.54, 1.807) is 18.0 Å². The summed E-state index contributed by atoms with van der Waals surface area (Å²) in [5.41, 5.74) is 2.93. The molecule has 0 atom stereocenters. The molecule has 0 saturated heterocycles. The molecule has 0 aliphatic heterocycles. The first-order valence-electron chi connectivity index (χ1n) is 9.37. The number of halogens is 1. The minimum atomic E-state index is -0.209. The largest absolute Gasteiger partial charge is 0.352 e. The first-order valence-corrected chi connectivity index (χ1v) is 10.4. The number of hydrogen-bond acceptors (Lipinski definition) is 3. The maximum atomic E-state index is 13.0. The van der Waals surface area contributed by atoms with Gasteiger partial charge >= 0.3 is 0 Å². The van der Waals surface area contributed by atoms with Crippen LogP contribution in [0.3, 0.4) is 0 Å². The number of benzene rings is 1. The van der Waals surface area contributed by atoms with Gasteiger partial charge in [-0.2, -0.15) is 0 Å². The van der Waals surface area contributed by atoms with E-state index in [-0.39, 0.29) is 17.1 Å². The van der Waals surface area contributed by atoms with Gasteiger partial charge < -0.3 is 5.32 Å². The first kappa shape index (κ1) is 21.4. The zero-order valence-electron chi connectivity index (χ0n) is 16.6. The summed E-state index contributed by atoms with van der Waals surface area (Å²) >= 11 is 1.60. The lowest BCUT2D eigenvalue weighted by Gasteiger charge is -2.18. The molecule has 0 aliphatic rings. The maximum Gasteiger partial charge on any atom is 0.254 e. The second-order valence-electron chi connectivity index (χ2n) is 7.95. The van der Waals surface area contributed by atoms with Gasteiger partial charge in [0.1, 0.15) is 10.8 Å². The average Bonchev–Trinajstić information content (AvgIpc) is 2.59. The summed E-state index contributed by atoms with van der Waals surface area (Å²) in [7, 11) is 0. The highest BCUT2D eigenvalue weighted by Gasteiger charge is 2.17. The molecule has 1 amide bonds. The van der Waals surface area contributed by atoms with Gasteiger partial charge in [0.25, 0.3) is 5.91 Å². The van der Waals surface area contributed by atoms with E-state index in [0.717, 1.165) is 41.2 Å². The number of amides is 1. The third-order valence-corrected chi connectivity index (χ3v) is 5.35. The Labute approximate surface area is 166 Å². The van der Waals surface area contributed by atoms with Gasteiger partial charge in [0.05, 0.1) is 5.56 Å². The predicted molar refractivity (Wildman–Crippen MR) is 111 cm³/mol. The number of thioether (sulfide) groups is 1. The summed E-state index contributed by atoms with van der Waals surface area (Å²) in [6.45, 7) is 9.10. The number of aromatic nitrogens is 1. The third-order valence-electron chi connectivity index (χ3n) is 4.27. The topological polar surface area (TPSA) is 42.0 Å². The Kier molecular flexibility index (Phi) is 7.84. The number of carbonyl (C=O) groups is 1. The van der Waals surface area contributed by atoms with E-state index in [4.69, 9.17) is 0 Å². The Bertz CT molecular complexity index is 754. The van der Waals surface area contributed by atoms with Crippen LogP contribution in [0.1, 0.15) is 55.1 Å². The van der Waals surface area contributed by atoms with Crippen molar-refractivity contribution in [1.82, 2.24) is 10.3 Å². The van der Waals surface area contributed by atoms with Gasteiger partial charge in [-0.15, -0.1) is 11.8 Å². The lowest BCUT2D eigenvalue weighted by Crippen LogP contribution is -2.28. The summed E-state index contributed by atoms with van der Waals surface area (Å²) in [6, 6.07) is 8.49. The number of nitrogens with one attached hydrogen (secondary N) is 1. The molecule has 0 fully saturated rings. The van der Waals surface area contributed by atoms with Crippen LogP contribution in [0.25, 0.3) is 0 Å². The summed E-state index contributed by atoms with van der Waals surface area (Å²) in [5, 5.41) is 3.81. The van der Waals surface area contributed by atoms with Crippen LogP contribution in [0.2, 0.25) is 0 Å². The van der Waals surface area contributed by atoms with Gasteiger partial charge in [0.15, 0.2) is 0 Å². The molecule has 2 aromatic rings. The summed E-state index contributed by atoms with van der Waals surface area (Å²) in [6.07, 6.45) is 4.50. The van der Waals surface area contributed by atoms with E-state index in [1.807, 2.05) is 25.1 Å². The minimum absolute atomic E-state index is 0.0501. The molecule has 0 bridgehead atoms. The molecule has 0 radical (unpaired) electrons. The Morgan fingerprint density at radius 2 is 1.89 bits per heavy atom. The predicted octanol–water partition coefficient (Wildman–Crippen LogP) is 5.42. The number of pyridine rings is 1. The Balaban J connectivity index is 1.91. The normalized spacial score (nSPS) is 11.4. The molecule has 27 heavy (non-hydrogen) atoms. The van der Waals surface area contributed by atoms with Crippen molar-refractivity contribution in [3.05, 3.63) is 59.0 Å². The average molecular weight is 389 g/mol. The second-order valence-corrected chi connectivity index (χ2v) is 9.04. The lowest BCUT2D eigenvalue weighted by molar-refractivity contribution is 0.0945. The van der Waals surface area contributed by atoms with E-state index in [1.165, 1.54) is 12.1 Å². The molecule has 0 unspecified atom stereocenters. The molecule has 1 aromatic heterocycles. The van der Waals surface area contributed by atoms with Crippen molar-refractivity contribution in [2.45, 2.75) is 52.0 Å². The van der Waals surface area contributed by atoms with Crippen molar-refractivity contribution in [2.24, 2.45) is 5.41 Å². The summed E-state index contributed by atoms with van der Waals surface area (Å²) in [4.78, 5) is 17.1. The Hall–Kier alpha value is -1.88. The molecule has 5 heteroatoms. The highest BCUT2D eigenvalue weighted by atomic mass is 32.2. The zero-order valence-corrected chi connectivity index (χ0v) is 17.5.